The molecule has 3 rings (SSSR count). The molecule has 1 aliphatic carbocycles. The molecular formula is C22H35N5O2. The summed E-state index contributed by atoms with van der Waals surface area (Å²) < 4.78 is 7.43. The van der Waals surface area contributed by atoms with Gasteiger partial charge in [-0.2, -0.15) is 10.4 Å². The predicted octanol–water partition coefficient (Wildman–Crippen LogP) is 2.50. The SMILES string of the molecule is Cc1nn(CCC#N)c(C)c1CCC(=O)NCC1(N2CCOCC2)CCCCC1. The molecule has 7 heteroatoms. The molecule has 1 aromatic heterocycles. The zero-order valence-electron chi connectivity index (χ0n) is 18.0. The van der Waals surface area contributed by atoms with E-state index in [1.807, 2.05) is 18.5 Å². The van der Waals surface area contributed by atoms with Gasteiger partial charge in [0.2, 0.25) is 5.91 Å². The molecule has 1 aromatic rings. The van der Waals surface area contributed by atoms with Gasteiger partial charge in [-0.25, -0.2) is 0 Å². The maximum Gasteiger partial charge on any atom is 0.220 e. The molecule has 1 saturated carbocycles. The number of nitrogens with one attached hydrogen (secondary N) is 1. The number of aromatic nitrogens is 2. The molecular weight excluding hydrogens is 366 g/mol. The molecule has 1 saturated heterocycles. The summed E-state index contributed by atoms with van der Waals surface area (Å²) in [5, 5.41) is 16.6. The van der Waals surface area contributed by atoms with Crippen LogP contribution in [0.1, 0.15) is 61.9 Å². The van der Waals surface area contributed by atoms with Gasteiger partial charge in [0.25, 0.3) is 0 Å². The summed E-state index contributed by atoms with van der Waals surface area (Å²) in [5.74, 6) is 0.117. The number of amides is 1. The summed E-state index contributed by atoms with van der Waals surface area (Å²) in [6.07, 6.45) is 7.74. The van der Waals surface area contributed by atoms with E-state index in [0.29, 0.717) is 25.8 Å². The third-order valence-corrected chi connectivity index (χ3v) is 6.65. The van der Waals surface area contributed by atoms with Crippen LogP contribution in [0.5, 0.6) is 0 Å². The number of hydrogen-bond donors (Lipinski definition) is 1. The molecule has 0 radical (unpaired) electrons. The van der Waals surface area contributed by atoms with Crippen molar-refractivity contribution in [3.8, 4) is 6.07 Å². The monoisotopic (exact) mass is 401 g/mol. The van der Waals surface area contributed by atoms with Crippen molar-refractivity contribution in [2.45, 2.75) is 77.3 Å². The number of rotatable bonds is 8. The summed E-state index contributed by atoms with van der Waals surface area (Å²) >= 11 is 0. The predicted molar refractivity (Wildman–Crippen MR) is 111 cm³/mol. The fourth-order valence-corrected chi connectivity index (χ4v) is 4.91. The van der Waals surface area contributed by atoms with E-state index in [2.05, 4.69) is 21.4 Å². The molecule has 0 bridgehead atoms. The highest BCUT2D eigenvalue weighted by molar-refractivity contribution is 5.76. The van der Waals surface area contributed by atoms with Crippen LogP contribution in [0.15, 0.2) is 0 Å². The minimum atomic E-state index is 0.103. The summed E-state index contributed by atoms with van der Waals surface area (Å²) in [4.78, 5) is 15.2. The molecule has 2 heterocycles. The van der Waals surface area contributed by atoms with Crippen LogP contribution in [-0.4, -0.2) is 59.0 Å². The van der Waals surface area contributed by atoms with Gasteiger partial charge in [-0.15, -0.1) is 0 Å². The lowest BCUT2D eigenvalue weighted by Crippen LogP contribution is -2.59. The first-order valence-electron chi connectivity index (χ1n) is 11.0. The topological polar surface area (TPSA) is 83.2 Å². The van der Waals surface area contributed by atoms with Crippen molar-refractivity contribution in [2.24, 2.45) is 0 Å². The highest BCUT2D eigenvalue weighted by atomic mass is 16.5. The van der Waals surface area contributed by atoms with Gasteiger partial charge in [-0.1, -0.05) is 19.3 Å². The van der Waals surface area contributed by atoms with Crippen LogP contribution in [0.3, 0.4) is 0 Å². The van der Waals surface area contributed by atoms with Crippen molar-refractivity contribution in [3.63, 3.8) is 0 Å². The van der Waals surface area contributed by atoms with Crippen molar-refractivity contribution < 1.29 is 9.53 Å². The lowest BCUT2D eigenvalue weighted by molar-refractivity contribution is -0.122. The summed E-state index contributed by atoms with van der Waals surface area (Å²) in [5.41, 5.74) is 3.28. The number of carbonyl (C=O) groups excluding carboxylic acids is 1. The highest BCUT2D eigenvalue weighted by Gasteiger charge is 2.38. The van der Waals surface area contributed by atoms with Crippen molar-refractivity contribution in [3.05, 3.63) is 17.0 Å². The van der Waals surface area contributed by atoms with Gasteiger partial charge >= 0.3 is 0 Å². The quantitative estimate of drug-likeness (QED) is 0.724. The number of hydrogen-bond acceptors (Lipinski definition) is 5. The van der Waals surface area contributed by atoms with E-state index in [1.54, 1.807) is 0 Å². The molecule has 0 aromatic carbocycles. The van der Waals surface area contributed by atoms with Crippen LogP contribution in [0.2, 0.25) is 0 Å². The Kier molecular flexibility index (Phi) is 7.68. The average Bonchev–Trinajstić information content (AvgIpc) is 3.03. The maximum absolute atomic E-state index is 12.7. The third kappa shape index (κ3) is 5.37. The summed E-state index contributed by atoms with van der Waals surface area (Å²) in [6.45, 7) is 8.89. The third-order valence-electron chi connectivity index (χ3n) is 6.65. The second kappa shape index (κ2) is 10.2. The van der Waals surface area contributed by atoms with Gasteiger partial charge in [0.05, 0.1) is 37.9 Å². The van der Waals surface area contributed by atoms with E-state index >= 15 is 0 Å². The Balaban J connectivity index is 1.55. The minimum absolute atomic E-state index is 0.103. The van der Waals surface area contributed by atoms with Gasteiger partial charge in [0, 0.05) is 37.3 Å². The van der Waals surface area contributed by atoms with Gasteiger partial charge in [0.15, 0.2) is 0 Å². The number of nitrogens with zero attached hydrogens (tertiary/aromatic N) is 4. The summed E-state index contributed by atoms with van der Waals surface area (Å²) in [6, 6.07) is 2.16. The molecule has 0 atom stereocenters. The van der Waals surface area contributed by atoms with Crippen LogP contribution in [-0.2, 0) is 22.5 Å². The molecule has 160 valence electrons. The highest BCUT2D eigenvalue weighted by Crippen LogP contribution is 2.33. The Labute approximate surface area is 174 Å². The number of nitriles is 1. The largest absolute Gasteiger partial charge is 0.379 e. The van der Waals surface area contributed by atoms with Crippen molar-refractivity contribution in [2.75, 3.05) is 32.8 Å². The van der Waals surface area contributed by atoms with Crippen LogP contribution >= 0.6 is 0 Å². The van der Waals surface area contributed by atoms with E-state index in [0.717, 1.165) is 62.6 Å². The zero-order chi connectivity index (χ0) is 20.7. The van der Waals surface area contributed by atoms with Crippen molar-refractivity contribution >= 4 is 5.91 Å². The Bertz CT molecular complexity index is 724. The Hall–Kier alpha value is -1.91. The second-order valence-corrected chi connectivity index (χ2v) is 8.44. The zero-order valence-corrected chi connectivity index (χ0v) is 18.0. The molecule has 0 unspecified atom stereocenters. The molecule has 29 heavy (non-hydrogen) atoms. The standard InChI is InChI=1S/C22H35N5O2/c1-18-20(19(2)27(25-18)12-6-11-23)7-8-21(28)24-17-22(9-4-3-5-10-22)26-13-15-29-16-14-26/h3-10,12-17H2,1-2H3,(H,24,28). The van der Waals surface area contributed by atoms with E-state index in [4.69, 9.17) is 10.00 Å². The van der Waals surface area contributed by atoms with Crippen LogP contribution in [0.4, 0.5) is 0 Å². The van der Waals surface area contributed by atoms with Gasteiger partial charge in [-0.05, 0) is 38.7 Å². The minimum Gasteiger partial charge on any atom is -0.379 e. The average molecular weight is 402 g/mol. The first kappa shape index (κ1) is 21.8. The molecule has 1 amide bonds. The second-order valence-electron chi connectivity index (χ2n) is 8.44. The van der Waals surface area contributed by atoms with Gasteiger partial charge < -0.3 is 10.1 Å². The molecule has 7 nitrogen and oxygen atoms in total. The van der Waals surface area contributed by atoms with Gasteiger partial charge in [0.1, 0.15) is 0 Å². The van der Waals surface area contributed by atoms with E-state index in [1.165, 1.54) is 19.3 Å². The number of ether oxygens (including phenoxy) is 1. The Morgan fingerprint density at radius 3 is 2.66 bits per heavy atom. The summed E-state index contributed by atoms with van der Waals surface area (Å²) in [7, 11) is 0. The maximum atomic E-state index is 12.7. The first-order valence-corrected chi connectivity index (χ1v) is 11.0. The number of aryl methyl sites for hydroxylation is 2. The van der Waals surface area contributed by atoms with E-state index in [9.17, 15) is 4.79 Å². The fraction of sp³-hybridized carbons (Fsp3) is 0.773. The van der Waals surface area contributed by atoms with Crippen LogP contribution < -0.4 is 5.32 Å². The normalized spacial score (nSPS) is 19.6. The number of carbonyl (C=O) groups is 1. The van der Waals surface area contributed by atoms with Crippen molar-refractivity contribution in [1.29, 1.82) is 5.26 Å². The van der Waals surface area contributed by atoms with Gasteiger partial charge in [-0.3, -0.25) is 14.4 Å². The number of morpholine rings is 1. The molecule has 2 aliphatic rings. The smallest absolute Gasteiger partial charge is 0.220 e. The molecule has 1 N–H and O–H groups in total. The Morgan fingerprint density at radius 2 is 1.97 bits per heavy atom. The van der Waals surface area contributed by atoms with E-state index < -0.39 is 0 Å². The van der Waals surface area contributed by atoms with E-state index in [-0.39, 0.29) is 11.4 Å². The van der Waals surface area contributed by atoms with Crippen LogP contribution in [0.25, 0.3) is 0 Å². The lowest BCUT2D eigenvalue weighted by Gasteiger charge is -2.48. The first-order chi connectivity index (χ1) is 14.1. The van der Waals surface area contributed by atoms with Crippen molar-refractivity contribution in [1.82, 2.24) is 20.0 Å². The molecule has 0 spiro atoms. The Morgan fingerprint density at radius 1 is 1.24 bits per heavy atom. The van der Waals surface area contributed by atoms with Crippen LogP contribution in [0, 0.1) is 25.2 Å². The fourth-order valence-electron chi connectivity index (χ4n) is 4.91. The molecule has 1 aliphatic heterocycles. The molecule has 2 fully saturated rings. The lowest BCUT2D eigenvalue weighted by atomic mass is 9.79.